The van der Waals surface area contributed by atoms with E-state index in [9.17, 15) is 8.42 Å². The normalized spacial score (nSPS) is 11.8. The minimum atomic E-state index is -3.81. The van der Waals surface area contributed by atoms with Crippen LogP contribution in [0.25, 0.3) is 0 Å². The van der Waals surface area contributed by atoms with E-state index in [2.05, 4.69) is 14.8 Å². The third-order valence-electron chi connectivity index (χ3n) is 2.71. The van der Waals surface area contributed by atoms with E-state index >= 15 is 0 Å². The zero-order valence-electron chi connectivity index (χ0n) is 11.0. The summed E-state index contributed by atoms with van der Waals surface area (Å²) in [4.78, 5) is 3.85. The van der Waals surface area contributed by atoms with Gasteiger partial charge in [-0.3, -0.25) is 4.68 Å². The van der Waals surface area contributed by atoms with Gasteiger partial charge in [0.15, 0.2) is 5.82 Å². The highest BCUT2D eigenvalue weighted by Gasteiger charge is 2.21. The third kappa shape index (κ3) is 3.53. The summed E-state index contributed by atoms with van der Waals surface area (Å²) in [6, 6.07) is 2.78. The topological polar surface area (TPSA) is 103 Å². The molecular formula is C11H13Cl2N5O2S. The number of aromatic nitrogens is 3. The number of nitrogens with two attached hydrogens (primary N) is 1. The molecule has 0 fully saturated rings. The van der Waals surface area contributed by atoms with Crippen molar-refractivity contribution in [3.63, 3.8) is 0 Å². The van der Waals surface area contributed by atoms with E-state index in [4.69, 9.17) is 28.9 Å². The van der Waals surface area contributed by atoms with Crippen molar-refractivity contribution >= 4 is 33.2 Å². The van der Waals surface area contributed by atoms with Gasteiger partial charge in [0.05, 0.1) is 11.6 Å². The predicted octanol–water partition coefficient (Wildman–Crippen LogP) is 1.06. The highest BCUT2D eigenvalue weighted by Crippen LogP contribution is 2.30. The van der Waals surface area contributed by atoms with Gasteiger partial charge in [0.2, 0.25) is 10.0 Å². The maximum atomic E-state index is 12.3. The van der Waals surface area contributed by atoms with Crippen molar-refractivity contribution in [2.24, 2.45) is 12.8 Å². The summed E-state index contributed by atoms with van der Waals surface area (Å²) in [7, 11) is -2.13. The van der Waals surface area contributed by atoms with Crippen LogP contribution in [0.3, 0.4) is 0 Å². The molecule has 1 aromatic heterocycles. The van der Waals surface area contributed by atoms with Crippen molar-refractivity contribution in [2.75, 3.05) is 0 Å². The Labute approximate surface area is 132 Å². The van der Waals surface area contributed by atoms with E-state index < -0.39 is 10.0 Å². The first kappa shape index (κ1) is 16.2. The largest absolute Gasteiger partial charge is 0.326 e. The van der Waals surface area contributed by atoms with Crippen molar-refractivity contribution < 1.29 is 8.42 Å². The van der Waals surface area contributed by atoms with Crippen molar-refractivity contribution in [3.05, 3.63) is 39.9 Å². The van der Waals surface area contributed by atoms with E-state index in [1.165, 1.54) is 23.1 Å². The van der Waals surface area contributed by atoms with Crippen LogP contribution in [0.15, 0.2) is 23.4 Å². The van der Waals surface area contributed by atoms with E-state index in [0.29, 0.717) is 16.4 Å². The molecule has 0 unspecified atom stereocenters. The second kappa shape index (κ2) is 6.29. The number of nitrogens with one attached hydrogen (secondary N) is 1. The molecule has 2 aromatic rings. The van der Waals surface area contributed by atoms with Gasteiger partial charge in [0.1, 0.15) is 11.2 Å². The first-order valence-electron chi connectivity index (χ1n) is 5.86. The van der Waals surface area contributed by atoms with Gasteiger partial charge in [-0.1, -0.05) is 23.2 Å². The van der Waals surface area contributed by atoms with Crippen molar-refractivity contribution in [3.8, 4) is 0 Å². The van der Waals surface area contributed by atoms with Gasteiger partial charge in [-0.2, -0.15) is 5.10 Å². The number of halogens is 2. The lowest BCUT2D eigenvalue weighted by molar-refractivity contribution is 0.578. The summed E-state index contributed by atoms with van der Waals surface area (Å²) in [6.45, 7) is 0.00289. The fraction of sp³-hybridized carbons (Fsp3) is 0.273. The molecule has 0 aliphatic rings. The molecule has 0 spiro atoms. The highest BCUT2D eigenvalue weighted by molar-refractivity contribution is 7.89. The minimum absolute atomic E-state index is 0.0199. The van der Waals surface area contributed by atoms with Gasteiger partial charge in [-0.25, -0.2) is 18.1 Å². The maximum Gasteiger partial charge on any atom is 0.242 e. The number of sulfonamides is 1. The van der Waals surface area contributed by atoms with Gasteiger partial charge in [-0.15, -0.1) is 0 Å². The quantitative estimate of drug-likeness (QED) is 0.839. The first-order valence-corrected chi connectivity index (χ1v) is 8.10. The number of hydrogen-bond donors (Lipinski definition) is 2. The summed E-state index contributed by atoms with van der Waals surface area (Å²) in [5.74, 6) is 0.352. The van der Waals surface area contributed by atoms with Gasteiger partial charge in [0, 0.05) is 24.2 Å². The Morgan fingerprint density at radius 3 is 2.67 bits per heavy atom. The smallest absolute Gasteiger partial charge is 0.242 e. The van der Waals surface area contributed by atoms with Crippen LogP contribution in [0.5, 0.6) is 0 Å². The molecule has 0 atom stereocenters. The molecule has 0 amide bonds. The van der Waals surface area contributed by atoms with Crippen LogP contribution in [0, 0.1) is 0 Å². The molecule has 114 valence electrons. The van der Waals surface area contributed by atoms with Crippen LogP contribution >= 0.6 is 23.2 Å². The Kier molecular flexibility index (Phi) is 4.84. The number of benzene rings is 1. The molecule has 0 saturated heterocycles. The number of rotatable bonds is 5. The molecule has 3 N–H and O–H groups in total. The van der Waals surface area contributed by atoms with Gasteiger partial charge in [0.25, 0.3) is 0 Å². The lowest BCUT2D eigenvalue weighted by Gasteiger charge is -2.11. The van der Waals surface area contributed by atoms with Gasteiger partial charge >= 0.3 is 0 Å². The monoisotopic (exact) mass is 349 g/mol. The molecule has 0 aliphatic carbocycles. The van der Waals surface area contributed by atoms with Gasteiger partial charge in [-0.05, 0) is 12.1 Å². The van der Waals surface area contributed by atoms with Crippen LogP contribution in [0.1, 0.15) is 11.4 Å². The Morgan fingerprint density at radius 2 is 2.10 bits per heavy atom. The minimum Gasteiger partial charge on any atom is -0.326 e. The summed E-state index contributed by atoms with van der Waals surface area (Å²) >= 11 is 12.0. The fourth-order valence-electron chi connectivity index (χ4n) is 1.67. The second-order valence-corrected chi connectivity index (χ2v) is 6.72. The van der Waals surface area contributed by atoms with E-state index in [1.54, 1.807) is 7.05 Å². The predicted molar refractivity (Wildman–Crippen MR) is 79.4 cm³/mol. The maximum absolute atomic E-state index is 12.3. The molecule has 0 saturated carbocycles. The van der Waals surface area contributed by atoms with E-state index in [0.717, 1.165) is 0 Å². The first-order chi connectivity index (χ1) is 9.85. The Hall–Kier alpha value is -1.19. The molecule has 7 nitrogen and oxygen atoms in total. The molecule has 2 rings (SSSR count). The molecule has 10 heteroatoms. The molecule has 21 heavy (non-hydrogen) atoms. The Morgan fingerprint density at radius 1 is 1.38 bits per heavy atom. The Balaban J connectivity index is 2.27. The van der Waals surface area contributed by atoms with E-state index in [-0.39, 0.29) is 23.0 Å². The fourth-order valence-corrected chi connectivity index (χ4v) is 3.58. The number of aryl methyl sites for hydroxylation is 1. The molecule has 0 radical (unpaired) electrons. The molecule has 0 aliphatic heterocycles. The lowest BCUT2D eigenvalue weighted by Crippen LogP contribution is -2.24. The summed E-state index contributed by atoms with van der Waals surface area (Å²) in [5.41, 5.74) is 5.91. The van der Waals surface area contributed by atoms with Crippen LogP contribution in [-0.4, -0.2) is 23.2 Å². The van der Waals surface area contributed by atoms with E-state index in [1.807, 2.05) is 0 Å². The molecule has 1 heterocycles. The van der Waals surface area contributed by atoms with Crippen molar-refractivity contribution in [1.82, 2.24) is 19.5 Å². The number of nitrogens with zero attached hydrogens (tertiary/aromatic N) is 3. The van der Waals surface area contributed by atoms with Crippen LogP contribution < -0.4 is 10.5 Å². The average molecular weight is 350 g/mol. The molecule has 1 aromatic carbocycles. The van der Waals surface area contributed by atoms with Gasteiger partial charge < -0.3 is 5.73 Å². The molecular weight excluding hydrogens is 337 g/mol. The summed E-state index contributed by atoms with van der Waals surface area (Å²) < 4.78 is 28.4. The second-order valence-electron chi connectivity index (χ2n) is 4.20. The third-order valence-corrected chi connectivity index (χ3v) is 5.05. The SMILES string of the molecule is Cn1cnc(CNS(=O)(=O)c2ccc(Cl)c(CN)c2Cl)n1. The number of hydrogen-bond acceptors (Lipinski definition) is 5. The summed E-state index contributed by atoms with van der Waals surface area (Å²) in [6.07, 6.45) is 1.48. The summed E-state index contributed by atoms with van der Waals surface area (Å²) in [5, 5.41) is 4.33. The van der Waals surface area contributed by atoms with Crippen LogP contribution in [0.2, 0.25) is 10.0 Å². The molecule has 0 bridgehead atoms. The zero-order valence-corrected chi connectivity index (χ0v) is 13.4. The Bertz CT molecular complexity index is 760. The van der Waals surface area contributed by atoms with Crippen LogP contribution in [0.4, 0.5) is 0 Å². The standard InChI is InChI=1S/C11H13Cl2N5O2S/c1-18-6-15-10(17-18)5-16-21(19,20)9-3-2-8(12)7(4-14)11(9)13/h2-3,6,16H,4-5,14H2,1H3. The zero-order chi connectivity index (χ0) is 15.6. The highest BCUT2D eigenvalue weighted by atomic mass is 35.5. The van der Waals surface area contributed by atoms with Crippen molar-refractivity contribution in [2.45, 2.75) is 18.0 Å². The average Bonchev–Trinajstić information content (AvgIpc) is 2.83. The lowest BCUT2D eigenvalue weighted by atomic mass is 10.2. The van der Waals surface area contributed by atoms with Crippen LogP contribution in [-0.2, 0) is 30.2 Å². The van der Waals surface area contributed by atoms with Crippen molar-refractivity contribution in [1.29, 1.82) is 0 Å².